The number of ketones is 1. The lowest BCUT2D eigenvalue weighted by Crippen LogP contribution is -2.49. The summed E-state index contributed by atoms with van der Waals surface area (Å²) in [5.74, 6) is 1.61. The minimum Gasteiger partial charge on any atom is -0.468 e. The zero-order chi connectivity index (χ0) is 17.9. The molecule has 2 fully saturated rings. The standard InChI is InChI=1S/C21H28N2O2S/c1-16-8-13-26-21(16)20(24)17-4-2-9-23(14-17)18-6-10-22(11-7-18)15-19-5-3-12-25-19/h3,5,8,12-13,17-18H,2,4,6-7,9-11,14-15H2,1H3/t17-/m0/s1. The molecule has 2 aliphatic rings. The third-order valence-corrected chi connectivity index (χ3v) is 6.97. The fraction of sp³-hybridized carbons (Fsp3) is 0.571. The number of thiophene rings is 1. The van der Waals surface area contributed by atoms with Crippen LogP contribution in [0.15, 0.2) is 34.3 Å². The molecule has 140 valence electrons. The maximum Gasteiger partial charge on any atom is 0.177 e. The fourth-order valence-electron chi connectivity index (χ4n) is 4.43. The minimum absolute atomic E-state index is 0.183. The lowest BCUT2D eigenvalue weighted by atomic mass is 9.90. The summed E-state index contributed by atoms with van der Waals surface area (Å²) in [6, 6.07) is 6.71. The maximum atomic E-state index is 12.9. The number of piperidine rings is 2. The third kappa shape index (κ3) is 3.95. The van der Waals surface area contributed by atoms with Crippen molar-refractivity contribution in [2.45, 2.75) is 45.2 Å². The number of carbonyl (C=O) groups is 1. The number of hydrogen-bond acceptors (Lipinski definition) is 5. The number of carbonyl (C=O) groups excluding carboxylic acids is 1. The van der Waals surface area contributed by atoms with Crippen molar-refractivity contribution < 1.29 is 9.21 Å². The molecule has 0 saturated carbocycles. The summed E-state index contributed by atoms with van der Waals surface area (Å²) in [6.45, 7) is 7.29. The monoisotopic (exact) mass is 372 g/mol. The zero-order valence-electron chi connectivity index (χ0n) is 15.5. The Balaban J connectivity index is 1.31. The van der Waals surface area contributed by atoms with Crippen LogP contribution in [0.3, 0.4) is 0 Å². The quantitative estimate of drug-likeness (QED) is 0.737. The van der Waals surface area contributed by atoms with E-state index in [4.69, 9.17) is 4.42 Å². The van der Waals surface area contributed by atoms with Crippen LogP contribution in [0, 0.1) is 12.8 Å². The first-order chi connectivity index (χ1) is 12.7. The highest BCUT2D eigenvalue weighted by Crippen LogP contribution is 2.28. The third-order valence-electron chi connectivity index (χ3n) is 5.94. The van der Waals surface area contributed by atoms with Crippen LogP contribution in [0.25, 0.3) is 0 Å². The number of nitrogens with zero attached hydrogens (tertiary/aromatic N) is 2. The highest BCUT2D eigenvalue weighted by molar-refractivity contribution is 7.12. The Labute approximate surface area is 159 Å². The first kappa shape index (κ1) is 18.0. The van der Waals surface area contributed by atoms with Gasteiger partial charge in [-0.2, -0.15) is 0 Å². The predicted octanol–water partition coefficient (Wildman–Crippen LogP) is 4.21. The molecule has 0 radical (unpaired) electrons. The van der Waals surface area contributed by atoms with Gasteiger partial charge in [0.15, 0.2) is 5.78 Å². The van der Waals surface area contributed by atoms with Crippen molar-refractivity contribution in [2.24, 2.45) is 5.92 Å². The van der Waals surface area contributed by atoms with E-state index in [0.717, 1.165) is 61.8 Å². The fourth-order valence-corrected chi connectivity index (χ4v) is 5.37. The molecule has 0 amide bonds. The van der Waals surface area contributed by atoms with Gasteiger partial charge >= 0.3 is 0 Å². The Bertz CT molecular complexity index is 716. The van der Waals surface area contributed by atoms with Gasteiger partial charge in [-0.1, -0.05) is 0 Å². The van der Waals surface area contributed by atoms with Gasteiger partial charge in [-0.05, 0) is 68.3 Å². The van der Waals surface area contributed by atoms with Crippen molar-refractivity contribution in [1.82, 2.24) is 9.80 Å². The largest absolute Gasteiger partial charge is 0.468 e. The Kier molecular flexibility index (Phi) is 5.57. The SMILES string of the molecule is Cc1ccsc1C(=O)[C@H]1CCCN(C2CCN(Cc3ccco3)CC2)C1. The summed E-state index contributed by atoms with van der Waals surface area (Å²) in [5, 5.41) is 2.04. The molecule has 4 rings (SSSR count). The van der Waals surface area contributed by atoms with Gasteiger partial charge in [0.1, 0.15) is 5.76 Å². The second-order valence-corrected chi connectivity index (χ2v) is 8.63. The second-order valence-electron chi connectivity index (χ2n) is 7.72. The molecule has 0 aromatic carbocycles. The van der Waals surface area contributed by atoms with E-state index < -0.39 is 0 Å². The summed E-state index contributed by atoms with van der Waals surface area (Å²) in [5.41, 5.74) is 1.14. The summed E-state index contributed by atoms with van der Waals surface area (Å²) in [7, 11) is 0. The molecule has 1 atom stereocenters. The molecule has 5 heteroatoms. The highest BCUT2D eigenvalue weighted by atomic mass is 32.1. The van der Waals surface area contributed by atoms with Crippen LogP contribution < -0.4 is 0 Å². The predicted molar refractivity (Wildman–Crippen MR) is 105 cm³/mol. The van der Waals surface area contributed by atoms with Crippen molar-refractivity contribution in [3.05, 3.63) is 46.0 Å². The van der Waals surface area contributed by atoms with Crippen molar-refractivity contribution in [2.75, 3.05) is 26.2 Å². The van der Waals surface area contributed by atoms with Crippen molar-refractivity contribution in [3.63, 3.8) is 0 Å². The molecule has 26 heavy (non-hydrogen) atoms. The Morgan fingerprint density at radius 3 is 2.77 bits per heavy atom. The van der Waals surface area contributed by atoms with E-state index in [9.17, 15) is 4.79 Å². The lowest BCUT2D eigenvalue weighted by Gasteiger charge is -2.42. The van der Waals surface area contributed by atoms with Crippen molar-refractivity contribution in [3.8, 4) is 0 Å². The lowest BCUT2D eigenvalue weighted by molar-refractivity contribution is 0.0575. The summed E-state index contributed by atoms with van der Waals surface area (Å²) in [4.78, 5) is 19.0. The first-order valence-electron chi connectivity index (χ1n) is 9.78. The number of hydrogen-bond donors (Lipinski definition) is 0. The van der Waals surface area contributed by atoms with E-state index in [2.05, 4.69) is 28.9 Å². The molecular formula is C21H28N2O2S. The van der Waals surface area contributed by atoms with Gasteiger partial charge in [0.2, 0.25) is 0 Å². The van der Waals surface area contributed by atoms with Crippen LogP contribution in [-0.4, -0.2) is 47.8 Å². The molecule has 0 unspecified atom stereocenters. The smallest absolute Gasteiger partial charge is 0.177 e. The summed E-state index contributed by atoms with van der Waals surface area (Å²) < 4.78 is 5.48. The molecular weight excluding hydrogens is 344 g/mol. The van der Waals surface area contributed by atoms with E-state index in [-0.39, 0.29) is 5.92 Å². The Hall–Kier alpha value is -1.43. The summed E-state index contributed by atoms with van der Waals surface area (Å²) >= 11 is 1.61. The molecule has 0 aliphatic carbocycles. The number of likely N-dealkylation sites (tertiary alicyclic amines) is 2. The molecule has 2 aromatic rings. The van der Waals surface area contributed by atoms with Gasteiger partial charge in [0.05, 0.1) is 17.7 Å². The van der Waals surface area contributed by atoms with Crippen LogP contribution in [0.5, 0.6) is 0 Å². The van der Waals surface area contributed by atoms with Crippen LogP contribution >= 0.6 is 11.3 Å². The topological polar surface area (TPSA) is 36.7 Å². The summed E-state index contributed by atoms with van der Waals surface area (Å²) in [6.07, 6.45) is 6.33. The zero-order valence-corrected chi connectivity index (χ0v) is 16.3. The molecule has 4 nitrogen and oxygen atoms in total. The van der Waals surface area contributed by atoms with Crippen LogP contribution in [0.2, 0.25) is 0 Å². The molecule has 0 N–H and O–H groups in total. The molecule has 0 bridgehead atoms. The van der Waals surface area contributed by atoms with Crippen molar-refractivity contribution >= 4 is 17.1 Å². The molecule has 2 aromatic heterocycles. The molecule has 4 heterocycles. The van der Waals surface area contributed by atoms with Crippen molar-refractivity contribution in [1.29, 1.82) is 0 Å². The van der Waals surface area contributed by atoms with Gasteiger partial charge in [-0.15, -0.1) is 11.3 Å². The van der Waals surface area contributed by atoms with Gasteiger partial charge in [0, 0.05) is 31.6 Å². The Morgan fingerprint density at radius 2 is 2.08 bits per heavy atom. The average molecular weight is 373 g/mol. The van der Waals surface area contributed by atoms with E-state index >= 15 is 0 Å². The minimum atomic E-state index is 0.183. The van der Waals surface area contributed by atoms with Gasteiger partial charge in [0.25, 0.3) is 0 Å². The van der Waals surface area contributed by atoms with Gasteiger partial charge in [-0.25, -0.2) is 0 Å². The van der Waals surface area contributed by atoms with Crippen LogP contribution in [0.1, 0.15) is 46.7 Å². The number of aryl methyl sites for hydroxylation is 1. The van der Waals surface area contributed by atoms with E-state index in [1.807, 2.05) is 11.4 Å². The Morgan fingerprint density at radius 1 is 1.23 bits per heavy atom. The number of Topliss-reactive ketones (excluding diaryl/α,β-unsaturated/α-hetero) is 1. The number of furan rings is 1. The van der Waals surface area contributed by atoms with Gasteiger partial charge in [-0.3, -0.25) is 14.6 Å². The highest BCUT2D eigenvalue weighted by Gasteiger charge is 2.32. The maximum absolute atomic E-state index is 12.9. The molecule has 0 spiro atoms. The number of rotatable bonds is 5. The van der Waals surface area contributed by atoms with Gasteiger partial charge < -0.3 is 4.42 Å². The molecule has 2 aliphatic heterocycles. The molecule has 2 saturated heterocycles. The average Bonchev–Trinajstić information content (AvgIpc) is 3.33. The van der Waals surface area contributed by atoms with Crippen LogP contribution in [0.4, 0.5) is 0 Å². The van der Waals surface area contributed by atoms with E-state index in [1.54, 1.807) is 17.6 Å². The second kappa shape index (κ2) is 8.07. The van der Waals surface area contributed by atoms with E-state index in [1.165, 1.54) is 12.8 Å². The first-order valence-corrected chi connectivity index (χ1v) is 10.7. The normalized spacial score (nSPS) is 23.3. The van der Waals surface area contributed by atoms with E-state index in [0.29, 0.717) is 11.8 Å². The van der Waals surface area contributed by atoms with Crippen LogP contribution in [-0.2, 0) is 6.54 Å².